The Morgan fingerprint density at radius 2 is 1.78 bits per heavy atom. The topological polar surface area (TPSA) is 26.3 Å². The minimum absolute atomic E-state index is 0.147. The molecule has 0 heterocycles. The third-order valence-corrected chi connectivity index (χ3v) is 3.87. The lowest BCUT2D eigenvalue weighted by molar-refractivity contribution is -0.147. The molecule has 0 N–H and O–H groups in total. The highest BCUT2D eigenvalue weighted by molar-refractivity contribution is 5.66. The van der Waals surface area contributed by atoms with Crippen LogP contribution in [0.15, 0.2) is 24.3 Å². The average Bonchev–Trinajstić information content (AvgIpc) is 2.39. The number of aryl methyl sites for hydroxylation is 1. The summed E-state index contributed by atoms with van der Waals surface area (Å²) in [6.45, 7) is 3.68. The van der Waals surface area contributed by atoms with Crippen LogP contribution in [0, 0.1) is 0 Å². The van der Waals surface area contributed by atoms with Gasteiger partial charge in [0.1, 0.15) is 6.10 Å². The van der Waals surface area contributed by atoms with Crippen LogP contribution in [0.25, 0.3) is 0 Å². The molecule has 0 spiro atoms. The fraction of sp³-hybridized carbons (Fsp3) is 0.562. The average molecular weight is 246 g/mol. The number of carbonyl (C=O) groups is 1. The van der Waals surface area contributed by atoms with Crippen LogP contribution in [0.1, 0.15) is 56.6 Å². The van der Waals surface area contributed by atoms with Crippen molar-refractivity contribution in [2.24, 2.45) is 0 Å². The maximum absolute atomic E-state index is 10.9. The molecule has 0 amide bonds. The molecule has 2 nitrogen and oxygen atoms in total. The summed E-state index contributed by atoms with van der Waals surface area (Å²) in [5.74, 6) is 0.494. The standard InChI is InChI=1S/C16H22O2/c1-3-13-4-6-14(7-5-13)15-8-10-16(11-9-15)18-12(2)17/h4-7,15-16H,3,8-11H2,1-2H3. The fourth-order valence-electron chi connectivity index (χ4n) is 2.77. The molecule has 1 fully saturated rings. The van der Waals surface area contributed by atoms with E-state index < -0.39 is 0 Å². The Kier molecular flexibility index (Phi) is 4.40. The number of benzene rings is 1. The van der Waals surface area contributed by atoms with Crippen molar-refractivity contribution in [2.45, 2.75) is 58.0 Å². The highest BCUT2D eigenvalue weighted by atomic mass is 16.5. The molecule has 1 aliphatic carbocycles. The van der Waals surface area contributed by atoms with Gasteiger partial charge in [0.25, 0.3) is 0 Å². The van der Waals surface area contributed by atoms with Gasteiger partial charge in [-0.05, 0) is 49.1 Å². The summed E-state index contributed by atoms with van der Waals surface area (Å²) in [7, 11) is 0. The third kappa shape index (κ3) is 3.34. The van der Waals surface area contributed by atoms with Gasteiger partial charge in [0.15, 0.2) is 0 Å². The van der Waals surface area contributed by atoms with Gasteiger partial charge in [0.05, 0.1) is 0 Å². The van der Waals surface area contributed by atoms with Crippen molar-refractivity contribution in [1.29, 1.82) is 0 Å². The van der Waals surface area contributed by atoms with E-state index in [0.717, 1.165) is 32.1 Å². The van der Waals surface area contributed by atoms with Gasteiger partial charge in [-0.25, -0.2) is 0 Å². The summed E-state index contributed by atoms with van der Waals surface area (Å²) in [4.78, 5) is 10.9. The second kappa shape index (κ2) is 6.03. The molecule has 1 saturated carbocycles. The summed E-state index contributed by atoms with van der Waals surface area (Å²) in [6, 6.07) is 8.98. The third-order valence-electron chi connectivity index (χ3n) is 3.87. The van der Waals surface area contributed by atoms with Crippen LogP contribution in [-0.2, 0) is 16.0 Å². The fourth-order valence-corrected chi connectivity index (χ4v) is 2.77. The van der Waals surface area contributed by atoms with E-state index in [-0.39, 0.29) is 12.1 Å². The summed E-state index contributed by atoms with van der Waals surface area (Å²) < 4.78 is 5.27. The van der Waals surface area contributed by atoms with E-state index in [1.165, 1.54) is 18.1 Å². The number of carbonyl (C=O) groups excluding carboxylic acids is 1. The molecule has 18 heavy (non-hydrogen) atoms. The van der Waals surface area contributed by atoms with E-state index in [1.54, 1.807) is 0 Å². The molecule has 2 heteroatoms. The Balaban J connectivity index is 1.90. The van der Waals surface area contributed by atoms with Gasteiger partial charge >= 0.3 is 5.97 Å². The van der Waals surface area contributed by atoms with Crippen molar-refractivity contribution in [3.63, 3.8) is 0 Å². The minimum Gasteiger partial charge on any atom is -0.463 e. The largest absolute Gasteiger partial charge is 0.463 e. The second-order valence-electron chi connectivity index (χ2n) is 5.18. The monoisotopic (exact) mass is 246 g/mol. The normalized spacial score (nSPS) is 23.7. The quantitative estimate of drug-likeness (QED) is 0.757. The van der Waals surface area contributed by atoms with Crippen molar-refractivity contribution in [3.05, 3.63) is 35.4 Å². The van der Waals surface area contributed by atoms with Crippen LogP contribution < -0.4 is 0 Å². The minimum atomic E-state index is -0.147. The lowest BCUT2D eigenvalue weighted by Crippen LogP contribution is -2.22. The smallest absolute Gasteiger partial charge is 0.302 e. The lowest BCUT2D eigenvalue weighted by atomic mass is 9.82. The first-order valence-corrected chi connectivity index (χ1v) is 6.95. The van der Waals surface area contributed by atoms with Crippen molar-refractivity contribution in [2.75, 3.05) is 0 Å². The number of rotatable bonds is 3. The number of hydrogen-bond donors (Lipinski definition) is 0. The van der Waals surface area contributed by atoms with Crippen LogP contribution in [0.2, 0.25) is 0 Å². The van der Waals surface area contributed by atoms with E-state index in [9.17, 15) is 4.79 Å². The van der Waals surface area contributed by atoms with E-state index in [4.69, 9.17) is 4.74 Å². The SMILES string of the molecule is CCc1ccc(C2CCC(OC(C)=O)CC2)cc1. The molecular weight excluding hydrogens is 224 g/mol. The molecule has 2 rings (SSSR count). The molecule has 0 saturated heterocycles. The molecule has 0 radical (unpaired) electrons. The van der Waals surface area contributed by atoms with Crippen LogP contribution in [0.5, 0.6) is 0 Å². The Bertz CT molecular complexity index is 386. The van der Waals surface area contributed by atoms with Gasteiger partial charge in [-0.2, -0.15) is 0 Å². The number of ether oxygens (including phenoxy) is 1. The van der Waals surface area contributed by atoms with Gasteiger partial charge in [-0.1, -0.05) is 31.2 Å². The van der Waals surface area contributed by atoms with Crippen LogP contribution in [-0.4, -0.2) is 12.1 Å². The molecule has 1 aromatic rings. The zero-order valence-electron chi connectivity index (χ0n) is 11.3. The van der Waals surface area contributed by atoms with E-state index in [0.29, 0.717) is 5.92 Å². The van der Waals surface area contributed by atoms with Gasteiger partial charge in [0.2, 0.25) is 0 Å². The second-order valence-corrected chi connectivity index (χ2v) is 5.18. The van der Waals surface area contributed by atoms with E-state index in [2.05, 4.69) is 31.2 Å². The molecule has 0 unspecified atom stereocenters. The molecule has 98 valence electrons. The maximum atomic E-state index is 10.9. The summed E-state index contributed by atoms with van der Waals surface area (Å²) in [5, 5.41) is 0. The number of hydrogen-bond acceptors (Lipinski definition) is 2. The summed E-state index contributed by atoms with van der Waals surface area (Å²) in [5.41, 5.74) is 2.83. The first kappa shape index (κ1) is 13.1. The summed E-state index contributed by atoms with van der Waals surface area (Å²) >= 11 is 0. The van der Waals surface area contributed by atoms with Gasteiger partial charge in [-0.15, -0.1) is 0 Å². The van der Waals surface area contributed by atoms with Crippen LogP contribution >= 0.6 is 0 Å². The Labute approximate surface area is 109 Å². The lowest BCUT2D eigenvalue weighted by Gasteiger charge is -2.28. The van der Waals surface area contributed by atoms with E-state index >= 15 is 0 Å². The molecule has 1 aliphatic rings. The molecule has 0 bridgehead atoms. The van der Waals surface area contributed by atoms with Gasteiger partial charge < -0.3 is 4.74 Å². The van der Waals surface area contributed by atoms with Crippen LogP contribution in [0.4, 0.5) is 0 Å². The maximum Gasteiger partial charge on any atom is 0.302 e. The highest BCUT2D eigenvalue weighted by Gasteiger charge is 2.23. The van der Waals surface area contributed by atoms with Crippen LogP contribution in [0.3, 0.4) is 0 Å². The van der Waals surface area contributed by atoms with Gasteiger partial charge in [0, 0.05) is 6.92 Å². The first-order chi connectivity index (χ1) is 8.69. The van der Waals surface area contributed by atoms with E-state index in [1.807, 2.05) is 0 Å². The van der Waals surface area contributed by atoms with Gasteiger partial charge in [-0.3, -0.25) is 4.79 Å². The predicted octanol–water partition coefficient (Wildman–Crippen LogP) is 3.84. The zero-order valence-corrected chi connectivity index (χ0v) is 11.3. The van der Waals surface area contributed by atoms with Crippen molar-refractivity contribution in [1.82, 2.24) is 0 Å². The Morgan fingerprint density at radius 1 is 1.17 bits per heavy atom. The van der Waals surface area contributed by atoms with Crippen molar-refractivity contribution < 1.29 is 9.53 Å². The Morgan fingerprint density at radius 3 is 2.28 bits per heavy atom. The predicted molar refractivity (Wildman–Crippen MR) is 72.6 cm³/mol. The molecule has 0 aliphatic heterocycles. The molecule has 0 atom stereocenters. The number of esters is 1. The highest BCUT2D eigenvalue weighted by Crippen LogP contribution is 2.34. The Hall–Kier alpha value is -1.31. The summed E-state index contributed by atoms with van der Waals surface area (Å²) in [6.07, 6.45) is 5.50. The zero-order chi connectivity index (χ0) is 13.0. The molecular formula is C16H22O2. The van der Waals surface area contributed by atoms with Crippen molar-refractivity contribution in [3.8, 4) is 0 Å². The van der Waals surface area contributed by atoms with Crippen molar-refractivity contribution >= 4 is 5.97 Å². The molecule has 0 aromatic heterocycles. The first-order valence-electron chi connectivity index (χ1n) is 6.95. The molecule has 1 aromatic carbocycles.